The number of nitrogens with one attached hydrogen (secondary N) is 1. The van der Waals surface area contributed by atoms with Gasteiger partial charge in [-0.1, -0.05) is 0 Å². The van der Waals surface area contributed by atoms with Gasteiger partial charge in [-0.05, 0) is 13.8 Å². The van der Waals surface area contributed by atoms with Gasteiger partial charge in [-0.2, -0.15) is 0 Å². The predicted octanol–water partition coefficient (Wildman–Crippen LogP) is 0.138. The van der Waals surface area contributed by atoms with Crippen molar-refractivity contribution in [1.82, 2.24) is 5.32 Å². The van der Waals surface area contributed by atoms with Crippen molar-refractivity contribution in [2.75, 3.05) is 6.54 Å². The van der Waals surface area contributed by atoms with Gasteiger partial charge >= 0.3 is 0 Å². The SMILES string of the molecule is [CH2]NCC(C)(C)O. The Hall–Kier alpha value is -0.0800. The van der Waals surface area contributed by atoms with Crippen LogP contribution in [0.5, 0.6) is 0 Å². The van der Waals surface area contributed by atoms with Gasteiger partial charge < -0.3 is 10.4 Å². The first-order valence-electron chi connectivity index (χ1n) is 2.28. The molecule has 0 rings (SSSR count). The summed E-state index contributed by atoms with van der Waals surface area (Å²) in [7, 11) is 3.36. The molecular weight excluding hydrogens is 90.1 g/mol. The molecule has 2 nitrogen and oxygen atoms in total. The fourth-order valence-corrected chi connectivity index (χ4v) is 0.306. The highest BCUT2D eigenvalue weighted by molar-refractivity contribution is 4.66. The van der Waals surface area contributed by atoms with E-state index in [9.17, 15) is 0 Å². The van der Waals surface area contributed by atoms with Crippen molar-refractivity contribution >= 4 is 0 Å². The first kappa shape index (κ1) is 6.92. The molecule has 0 unspecified atom stereocenters. The van der Waals surface area contributed by atoms with Crippen LogP contribution in [0.15, 0.2) is 0 Å². The summed E-state index contributed by atoms with van der Waals surface area (Å²) in [5.74, 6) is 0. The normalized spacial score (nSPS) is 12.0. The zero-order chi connectivity index (χ0) is 5.91. The van der Waals surface area contributed by atoms with Crippen molar-refractivity contribution in [2.45, 2.75) is 19.4 Å². The largest absolute Gasteiger partial charge is 0.389 e. The van der Waals surface area contributed by atoms with E-state index in [-0.39, 0.29) is 0 Å². The summed E-state index contributed by atoms with van der Waals surface area (Å²) < 4.78 is 0. The Balaban J connectivity index is 3.15. The van der Waals surface area contributed by atoms with Crippen LogP contribution in [-0.2, 0) is 0 Å². The first-order chi connectivity index (χ1) is 3.06. The van der Waals surface area contributed by atoms with Crippen LogP contribution in [0.25, 0.3) is 0 Å². The minimum Gasteiger partial charge on any atom is -0.389 e. The van der Waals surface area contributed by atoms with Gasteiger partial charge in [0.15, 0.2) is 0 Å². The maximum atomic E-state index is 8.92. The number of aliphatic hydroxyl groups is 1. The average molecular weight is 102 g/mol. The fraction of sp³-hybridized carbons (Fsp3) is 0.800. The van der Waals surface area contributed by atoms with Crippen molar-refractivity contribution in [1.29, 1.82) is 0 Å². The predicted molar refractivity (Wildman–Crippen MR) is 29.7 cm³/mol. The first-order valence-corrected chi connectivity index (χ1v) is 2.28. The molecule has 43 valence electrons. The molecule has 2 heteroatoms. The summed E-state index contributed by atoms with van der Waals surface area (Å²) in [4.78, 5) is 0. The lowest BCUT2D eigenvalue weighted by Gasteiger charge is -2.14. The second-order valence-electron chi connectivity index (χ2n) is 2.24. The molecule has 0 saturated heterocycles. The molecule has 0 fully saturated rings. The van der Waals surface area contributed by atoms with E-state index in [0.29, 0.717) is 6.54 Å². The van der Waals surface area contributed by atoms with Crippen LogP contribution in [-0.4, -0.2) is 17.3 Å². The summed E-state index contributed by atoms with van der Waals surface area (Å²) >= 11 is 0. The number of hydrogen-bond donors (Lipinski definition) is 2. The third-order valence-electron chi connectivity index (χ3n) is 0.558. The molecule has 7 heavy (non-hydrogen) atoms. The molecular formula is C5H12NO. The smallest absolute Gasteiger partial charge is 0.0715 e. The van der Waals surface area contributed by atoms with Gasteiger partial charge in [0.2, 0.25) is 0 Å². The second-order valence-corrected chi connectivity index (χ2v) is 2.24. The molecule has 2 N–H and O–H groups in total. The lowest BCUT2D eigenvalue weighted by Crippen LogP contribution is -2.31. The Labute approximate surface area is 44.5 Å². The van der Waals surface area contributed by atoms with Gasteiger partial charge in [-0.3, -0.25) is 0 Å². The zero-order valence-corrected chi connectivity index (χ0v) is 4.86. The third-order valence-corrected chi connectivity index (χ3v) is 0.558. The minimum atomic E-state index is -0.623. The van der Waals surface area contributed by atoms with E-state index in [2.05, 4.69) is 12.4 Å². The molecule has 0 aromatic carbocycles. The van der Waals surface area contributed by atoms with Gasteiger partial charge in [-0.15, -0.1) is 0 Å². The third kappa shape index (κ3) is 5.92. The van der Waals surface area contributed by atoms with Gasteiger partial charge in [0, 0.05) is 13.6 Å². The van der Waals surface area contributed by atoms with Crippen LogP contribution >= 0.6 is 0 Å². The number of rotatable bonds is 2. The summed E-state index contributed by atoms with van der Waals surface area (Å²) in [6.45, 7) is 3.99. The summed E-state index contributed by atoms with van der Waals surface area (Å²) in [6, 6.07) is 0. The van der Waals surface area contributed by atoms with Crippen LogP contribution in [0, 0.1) is 7.05 Å². The highest BCUT2D eigenvalue weighted by Gasteiger charge is 2.08. The highest BCUT2D eigenvalue weighted by atomic mass is 16.3. The quantitative estimate of drug-likeness (QED) is 0.519. The molecule has 0 aromatic rings. The summed E-state index contributed by atoms with van der Waals surface area (Å²) in [6.07, 6.45) is 0. The van der Waals surface area contributed by atoms with Crippen molar-refractivity contribution < 1.29 is 5.11 Å². The van der Waals surface area contributed by atoms with E-state index in [0.717, 1.165) is 0 Å². The average Bonchev–Trinajstić information content (AvgIpc) is 1.30. The van der Waals surface area contributed by atoms with Gasteiger partial charge in [0.1, 0.15) is 0 Å². The number of hydrogen-bond acceptors (Lipinski definition) is 2. The minimum absolute atomic E-state index is 0.535. The van der Waals surface area contributed by atoms with Crippen LogP contribution in [0.2, 0.25) is 0 Å². The Bertz CT molecular complexity index is 46.5. The molecule has 0 aliphatic heterocycles. The topological polar surface area (TPSA) is 32.3 Å². The van der Waals surface area contributed by atoms with Crippen molar-refractivity contribution in [2.24, 2.45) is 0 Å². The fourth-order valence-electron chi connectivity index (χ4n) is 0.306. The Morgan fingerprint density at radius 1 is 1.71 bits per heavy atom. The van der Waals surface area contributed by atoms with E-state index in [1.54, 1.807) is 13.8 Å². The monoisotopic (exact) mass is 102 g/mol. The van der Waals surface area contributed by atoms with Gasteiger partial charge in [0.05, 0.1) is 5.60 Å². The van der Waals surface area contributed by atoms with Crippen molar-refractivity contribution in [3.63, 3.8) is 0 Å². The molecule has 0 bridgehead atoms. The van der Waals surface area contributed by atoms with E-state index < -0.39 is 5.60 Å². The Kier molecular flexibility index (Phi) is 2.26. The molecule has 0 amide bonds. The molecule has 1 radical (unpaired) electrons. The molecule has 0 atom stereocenters. The Morgan fingerprint density at radius 3 is 2.14 bits per heavy atom. The molecule has 0 saturated carbocycles. The molecule has 0 aliphatic carbocycles. The van der Waals surface area contributed by atoms with Crippen LogP contribution in [0.4, 0.5) is 0 Å². The highest BCUT2D eigenvalue weighted by Crippen LogP contribution is 1.95. The van der Waals surface area contributed by atoms with Gasteiger partial charge in [0.25, 0.3) is 0 Å². The molecule has 0 spiro atoms. The maximum Gasteiger partial charge on any atom is 0.0715 e. The maximum absolute atomic E-state index is 8.92. The second kappa shape index (κ2) is 2.28. The van der Waals surface area contributed by atoms with Crippen molar-refractivity contribution in [3.8, 4) is 0 Å². The molecule has 0 heterocycles. The van der Waals surface area contributed by atoms with E-state index in [1.807, 2.05) is 0 Å². The lowest BCUT2D eigenvalue weighted by molar-refractivity contribution is 0.0833. The van der Waals surface area contributed by atoms with Crippen LogP contribution < -0.4 is 5.32 Å². The Morgan fingerprint density at radius 2 is 2.14 bits per heavy atom. The van der Waals surface area contributed by atoms with Crippen molar-refractivity contribution in [3.05, 3.63) is 7.05 Å². The molecule has 0 aromatic heterocycles. The molecule has 0 aliphatic rings. The summed E-state index contributed by atoms with van der Waals surface area (Å²) in [5, 5.41) is 11.5. The van der Waals surface area contributed by atoms with E-state index in [1.165, 1.54) is 0 Å². The lowest BCUT2D eigenvalue weighted by atomic mass is 10.1. The zero-order valence-electron chi connectivity index (χ0n) is 4.86. The van der Waals surface area contributed by atoms with E-state index in [4.69, 9.17) is 5.11 Å². The van der Waals surface area contributed by atoms with Gasteiger partial charge in [-0.25, -0.2) is 0 Å². The van der Waals surface area contributed by atoms with Crippen LogP contribution in [0.1, 0.15) is 13.8 Å². The standard InChI is InChI=1S/C5H12NO/c1-5(2,7)4-6-3/h6-7H,3-4H2,1-2H3. The van der Waals surface area contributed by atoms with Crippen LogP contribution in [0.3, 0.4) is 0 Å². The summed E-state index contributed by atoms with van der Waals surface area (Å²) in [5.41, 5.74) is -0.623. The van der Waals surface area contributed by atoms with E-state index >= 15 is 0 Å².